The Morgan fingerprint density at radius 1 is 1.21 bits per heavy atom. The molecule has 4 nitrogen and oxygen atoms in total. The summed E-state index contributed by atoms with van der Waals surface area (Å²) in [5.41, 5.74) is 7.89. The minimum atomic E-state index is 0.577. The second-order valence-corrected chi connectivity index (χ2v) is 5.78. The van der Waals surface area contributed by atoms with E-state index in [2.05, 4.69) is 26.9 Å². The molecule has 104 valence electrons. The highest BCUT2D eigenvalue weighted by Crippen LogP contribution is 2.22. The number of pyridine rings is 1. The van der Waals surface area contributed by atoms with Crippen molar-refractivity contribution in [1.29, 1.82) is 0 Å². The van der Waals surface area contributed by atoms with Gasteiger partial charge in [-0.3, -0.25) is 14.8 Å². The summed E-state index contributed by atoms with van der Waals surface area (Å²) in [6.45, 7) is 6.56. The van der Waals surface area contributed by atoms with Crippen LogP contribution in [0.3, 0.4) is 0 Å². The van der Waals surface area contributed by atoms with E-state index in [0.29, 0.717) is 6.54 Å². The second-order valence-electron chi connectivity index (χ2n) is 5.78. The molecule has 0 radical (unpaired) electrons. The molecule has 0 spiro atoms. The van der Waals surface area contributed by atoms with Gasteiger partial charge in [-0.25, -0.2) is 0 Å². The van der Waals surface area contributed by atoms with Crippen LogP contribution in [0.1, 0.15) is 30.5 Å². The van der Waals surface area contributed by atoms with Gasteiger partial charge in [-0.1, -0.05) is 6.07 Å². The fourth-order valence-corrected chi connectivity index (χ4v) is 3.33. The number of hydrogen-bond donors (Lipinski definition) is 1. The van der Waals surface area contributed by atoms with Crippen LogP contribution in [0.15, 0.2) is 18.3 Å². The molecule has 0 aliphatic carbocycles. The Morgan fingerprint density at radius 3 is 2.89 bits per heavy atom. The minimum absolute atomic E-state index is 0.577. The predicted molar refractivity (Wildman–Crippen MR) is 76.6 cm³/mol. The van der Waals surface area contributed by atoms with Gasteiger partial charge in [0.2, 0.25) is 0 Å². The normalized spacial score (nSPS) is 25.2. The van der Waals surface area contributed by atoms with Gasteiger partial charge in [0.15, 0.2) is 0 Å². The quantitative estimate of drug-likeness (QED) is 0.887. The maximum absolute atomic E-state index is 5.61. The maximum atomic E-state index is 5.61. The lowest BCUT2D eigenvalue weighted by molar-refractivity contribution is 0.214. The summed E-state index contributed by atoms with van der Waals surface area (Å²) < 4.78 is 0. The van der Waals surface area contributed by atoms with Gasteiger partial charge in [-0.15, -0.1) is 0 Å². The molecule has 0 saturated carbocycles. The van der Waals surface area contributed by atoms with E-state index in [9.17, 15) is 0 Å². The fourth-order valence-electron chi connectivity index (χ4n) is 3.33. The maximum Gasteiger partial charge on any atom is 0.0544 e. The highest BCUT2D eigenvalue weighted by molar-refractivity contribution is 5.13. The Balaban J connectivity index is 1.61. The summed E-state index contributed by atoms with van der Waals surface area (Å²) in [6, 6.07) is 5.01. The summed E-state index contributed by atoms with van der Waals surface area (Å²) in [7, 11) is 0. The van der Waals surface area contributed by atoms with Crippen LogP contribution in [0.25, 0.3) is 0 Å². The molecule has 3 heterocycles. The van der Waals surface area contributed by atoms with Crippen LogP contribution in [0.4, 0.5) is 0 Å². The number of nitrogens with two attached hydrogens (primary N) is 1. The number of nitrogens with zero attached hydrogens (tertiary/aromatic N) is 3. The van der Waals surface area contributed by atoms with E-state index in [1.54, 1.807) is 0 Å². The molecule has 0 amide bonds. The molecule has 1 atom stereocenters. The standard InChI is InChI=1S/C15H24N4/c16-9-13-4-5-14(17-10-13)11-18-6-2-8-19-7-1-3-15(19)12-18/h4-5,10,15H,1-3,6-9,11-12,16H2. The summed E-state index contributed by atoms with van der Waals surface area (Å²) in [6.07, 6.45) is 5.95. The van der Waals surface area contributed by atoms with E-state index < -0.39 is 0 Å². The molecule has 4 heteroatoms. The Kier molecular flexibility index (Phi) is 4.11. The van der Waals surface area contributed by atoms with Crippen molar-refractivity contribution in [3.8, 4) is 0 Å². The number of fused-ring (bicyclic) bond motifs is 1. The summed E-state index contributed by atoms with van der Waals surface area (Å²) >= 11 is 0. The number of hydrogen-bond acceptors (Lipinski definition) is 4. The molecule has 0 aromatic carbocycles. The van der Waals surface area contributed by atoms with Crippen molar-refractivity contribution in [1.82, 2.24) is 14.8 Å². The molecule has 1 aromatic heterocycles. The lowest BCUT2D eigenvalue weighted by Crippen LogP contribution is -2.36. The van der Waals surface area contributed by atoms with Gasteiger partial charge in [0.25, 0.3) is 0 Å². The molecule has 1 unspecified atom stereocenters. The van der Waals surface area contributed by atoms with Crippen molar-refractivity contribution in [2.45, 2.75) is 38.4 Å². The van der Waals surface area contributed by atoms with E-state index in [1.165, 1.54) is 51.1 Å². The van der Waals surface area contributed by atoms with Gasteiger partial charge < -0.3 is 5.73 Å². The third-order valence-electron chi connectivity index (χ3n) is 4.39. The molecule has 2 fully saturated rings. The van der Waals surface area contributed by atoms with Crippen molar-refractivity contribution in [2.75, 3.05) is 26.2 Å². The minimum Gasteiger partial charge on any atom is -0.326 e. The van der Waals surface area contributed by atoms with Gasteiger partial charge in [0, 0.05) is 31.9 Å². The molecule has 0 bridgehead atoms. The van der Waals surface area contributed by atoms with Crippen molar-refractivity contribution >= 4 is 0 Å². The van der Waals surface area contributed by atoms with E-state index in [0.717, 1.165) is 18.2 Å². The van der Waals surface area contributed by atoms with Crippen LogP contribution >= 0.6 is 0 Å². The van der Waals surface area contributed by atoms with Crippen LogP contribution in [0.2, 0.25) is 0 Å². The molecular weight excluding hydrogens is 236 g/mol. The first-order valence-corrected chi connectivity index (χ1v) is 7.45. The Hall–Kier alpha value is -0.970. The van der Waals surface area contributed by atoms with Crippen LogP contribution in [0.5, 0.6) is 0 Å². The van der Waals surface area contributed by atoms with E-state index in [-0.39, 0.29) is 0 Å². The largest absolute Gasteiger partial charge is 0.326 e. The average molecular weight is 260 g/mol. The van der Waals surface area contributed by atoms with Gasteiger partial charge in [0.1, 0.15) is 0 Å². The summed E-state index contributed by atoms with van der Waals surface area (Å²) in [5, 5.41) is 0. The van der Waals surface area contributed by atoms with Gasteiger partial charge >= 0.3 is 0 Å². The Morgan fingerprint density at radius 2 is 2.11 bits per heavy atom. The van der Waals surface area contributed by atoms with Crippen molar-refractivity contribution < 1.29 is 0 Å². The Labute approximate surface area is 115 Å². The van der Waals surface area contributed by atoms with Gasteiger partial charge in [-0.05, 0) is 50.5 Å². The molecule has 2 saturated heterocycles. The average Bonchev–Trinajstić information content (AvgIpc) is 2.79. The fraction of sp³-hybridized carbons (Fsp3) is 0.667. The first-order valence-electron chi connectivity index (χ1n) is 7.45. The number of aromatic nitrogens is 1. The van der Waals surface area contributed by atoms with Crippen molar-refractivity contribution in [2.24, 2.45) is 5.73 Å². The monoisotopic (exact) mass is 260 g/mol. The third-order valence-corrected chi connectivity index (χ3v) is 4.39. The van der Waals surface area contributed by atoms with E-state index >= 15 is 0 Å². The Bertz CT molecular complexity index is 403. The zero-order valence-electron chi connectivity index (χ0n) is 11.6. The van der Waals surface area contributed by atoms with E-state index in [1.807, 2.05) is 6.20 Å². The lowest BCUT2D eigenvalue weighted by atomic mass is 10.2. The molecule has 2 N–H and O–H groups in total. The molecule has 2 aliphatic rings. The SMILES string of the molecule is NCc1ccc(CN2CCCN3CCCC3C2)nc1. The highest BCUT2D eigenvalue weighted by Gasteiger charge is 2.28. The second kappa shape index (κ2) is 5.99. The molecule has 1 aromatic rings. The van der Waals surface area contributed by atoms with Crippen LogP contribution in [-0.2, 0) is 13.1 Å². The van der Waals surface area contributed by atoms with Crippen molar-refractivity contribution in [3.05, 3.63) is 29.6 Å². The molecular formula is C15H24N4. The van der Waals surface area contributed by atoms with Gasteiger partial charge in [-0.2, -0.15) is 0 Å². The van der Waals surface area contributed by atoms with Crippen molar-refractivity contribution in [3.63, 3.8) is 0 Å². The van der Waals surface area contributed by atoms with Gasteiger partial charge in [0.05, 0.1) is 5.69 Å². The lowest BCUT2D eigenvalue weighted by Gasteiger charge is -2.25. The molecule has 19 heavy (non-hydrogen) atoms. The highest BCUT2D eigenvalue weighted by atomic mass is 15.3. The first kappa shape index (κ1) is 13.0. The first-order chi connectivity index (χ1) is 9.35. The van der Waals surface area contributed by atoms with Crippen LogP contribution < -0.4 is 5.73 Å². The molecule has 2 aliphatic heterocycles. The summed E-state index contributed by atoms with van der Waals surface area (Å²) in [4.78, 5) is 9.77. The smallest absolute Gasteiger partial charge is 0.0544 e. The summed E-state index contributed by atoms with van der Waals surface area (Å²) in [5.74, 6) is 0. The van der Waals surface area contributed by atoms with E-state index in [4.69, 9.17) is 5.73 Å². The van der Waals surface area contributed by atoms with Crippen LogP contribution in [-0.4, -0.2) is 47.0 Å². The number of rotatable bonds is 3. The third kappa shape index (κ3) is 3.14. The zero-order valence-corrected chi connectivity index (χ0v) is 11.6. The zero-order chi connectivity index (χ0) is 13.1. The topological polar surface area (TPSA) is 45.4 Å². The van der Waals surface area contributed by atoms with Crippen LogP contribution in [0, 0.1) is 0 Å². The predicted octanol–water partition coefficient (Wildman–Crippen LogP) is 1.21. The molecule has 3 rings (SSSR count).